The molecule has 34 heavy (non-hydrogen) atoms. The molecule has 0 aliphatic carbocycles. The fourth-order valence-electron chi connectivity index (χ4n) is 3.29. The second-order valence-corrected chi connectivity index (χ2v) is 9.54. The minimum Gasteiger partial charge on any atom is -0.397 e. The number of carbonyl (C=O) groups is 1. The minimum atomic E-state index is -3.33. The summed E-state index contributed by atoms with van der Waals surface area (Å²) in [6.45, 7) is -0.249. The summed E-state index contributed by atoms with van der Waals surface area (Å²) in [7, 11) is -3.33. The van der Waals surface area contributed by atoms with Crippen LogP contribution in [0.3, 0.4) is 0 Å². The molecule has 4 aromatic rings. The van der Waals surface area contributed by atoms with Crippen molar-refractivity contribution in [2.45, 2.75) is 16.4 Å². The first-order valence-electron chi connectivity index (χ1n) is 10.2. The first-order valence-corrected chi connectivity index (χ1v) is 11.8. The molecule has 0 bridgehead atoms. The molecule has 0 saturated heterocycles. The molecule has 5 N–H and O–H groups in total. The molecule has 172 valence electrons. The van der Waals surface area contributed by atoms with Gasteiger partial charge in [0.25, 0.3) is 5.91 Å². The number of nitrogens with zero attached hydrogens (tertiary/aromatic N) is 1. The molecule has 1 unspecified atom stereocenters. The molecule has 1 amide bonds. The molecule has 0 aliphatic rings. The van der Waals surface area contributed by atoms with Gasteiger partial charge in [-0.2, -0.15) is 0 Å². The number of rotatable bonds is 6. The zero-order chi connectivity index (χ0) is 24.3. The van der Waals surface area contributed by atoms with Gasteiger partial charge in [-0.05, 0) is 71.8 Å². The van der Waals surface area contributed by atoms with E-state index >= 15 is 0 Å². The van der Waals surface area contributed by atoms with Crippen LogP contribution in [0.5, 0.6) is 0 Å². The van der Waals surface area contributed by atoms with Crippen LogP contribution in [0.15, 0.2) is 94.9 Å². The van der Waals surface area contributed by atoms with Crippen LogP contribution in [-0.2, 0) is 16.3 Å². The molecule has 1 heterocycles. The number of benzene rings is 3. The molecule has 3 aromatic carbocycles. The Hall–Kier alpha value is -4.08. The van der Waals surface area contributed by atoms with Gasteiger partial charge >= 0.3 is 0 Å². The fourth-order valence-corrected chi connectivity index (χ4v) is 4.54. The van der Waals surface area contributed by atoms with E-state index in [1.54, 1.807) is 30.3 Å². The first kappa shape index (κ1) is 23.1. The van der Waals surface area contributed by atoms with Crippen LogP contribution in [0, 0.1) is 10.6 Å². The van der Waals surface area contributed by atoms with E-state index in [0.717, 1.165) is 11.1 Å². The summed E-state index contributed by atoms with van der Waals surface area (Å²) in [5.41, 5.74) is 9.02. The van der Waals surface area contributed by atoms with E-state index in [4.69, 9.17) is 15.6 Å². The van der Waals surface area contributed by atoms with Crippen molar-refractivity contribution < 1.29 is 18.5 Å². The minimum absolute atomic E-state index is 0.201. The number of hydrogen-bond donors (Lipinski definition) is 4. The van der Waals surface area contributed by atoms with Gasteiger partial charge in [-0.25, -0.2) is 13.4 Å². The van der Waals surface area contributed by atoms with Gasteiger partial charge in [0.1, 0.15) is 15.5 Å². The summed E-state index contributed by atoms with van der Waals surface area (Å²) in [6.07, 6.45) is 1.30. The van der Waals surface area contributed by atoms with Crippen LogP contribution in [0.25, 0.3) is 11.1 Å². The number of carbonyl (C=O) groups excluding carboxylic acids is 1. The maximum atomic E-state index is 13.2. The summed E-state index contributed by atoms with van der Waals surface area (Å²) in [5.74, 6) is -0.772. The van der Waals surface area contributed by atoms with Gasteiger partial charge < -0.3 is 16.2 Å². The van der Waals surface area contributed by atoms with Gasteiger partial charge in [0.2, 0.25) is 0 Å². The quantitative estimate of drug-likeness (QED) is 0.300. The van der Waals surface area contributed by atoms with Crippen molar-refractivity contribution in [3.05, 3.63) is 102 Å². The number of nitrogen functional groups attached to an aromatic ring is 1. The Balaban J connectivity index is 1.54. The van der Waals surface area contributed by atoms with Gasteiger partial charge in [-0.15, -0.1) is 0 Å². The van der Waals surface area contributed by atoms with Gasteiger partial charge in [0.05, 0.1) is 33.5 Å². The zero-order valence-electron chi connectivity index (χ0n) is 17.9. The number of anilines is 2. The van der Waals surface area contributed by atoms with Crippen LogP contribution in [0.1, 0.15) is 16.1 Å². The second-order valence-electron chi connectivity index (χ2n) is 7.49. The van der Waals surface area contributed by atoms with Crippen LogP contribution in [-0.4, -0.2) is 20.2 Å². The van der Waals surface area contributed by atoms with Crippen molar-refractivity contribution >= 4 is 27.0 Å². The van der Waals surface area contributed by atoms with Crippen LogP contribution < -0.4 is 11.1 Å². The number of aliphatic hydroxyl groups is 1. The lowest BCUT2D eigenvalue weighted by Crippen LogP contribution is -2.13. The van der Waals surface area contributed by atoms with Crippen molar-refractivity contribution in [1.82, 2.24) is 4.98 Å². The molecule has 0 aliphatic heterocycles. The Morgan fingerprint density at radius 2 is 1.62 bits per heavy atom. The van der Waals surface area contributed by atoms with E-state index in [1.165, 1.54) is 54.7 Å². The number of pyridine rings is 1. The van der Waals surface area contributed by atoms with Gasteiger partial charge in [-0.3, -0.25) is 9.78 Å². The number of halogens is 1. The van der Waals surface area contributed by atoms with Crippen molar-refractivity contribution in [3.63, 3.8) is 0 Å². The Labute approximate surface area is 196 Å². The third-order valence-corrected chi connectivity index (χ3v) is 7.06. The Kier molecular flexibility index (Phi) is 6.40. The van der Waals surface area contributed by atoms with Crippen molar-refractivity contribution in [3.8, 4) is 11.1 Å². The zero-order valence-corrected chi connectivity index (χ0v) is 18.7. The molecular formula is C25H21FN4O3S. The smallest absolute Gasteiger partial charge is 0.255 e. The highest BCUT2D eigenvalue weighted by Crippen LogP contribution is 2.28. The Bertz CT molecular complexity index is 1440. The third kappa shape index (κ3) is 4.80. The van der Waals surface area contributed by atoms with Crippen molar-refractivity contribution in [2.75, 3.05) is 11.1 Å². The van der Waals surface area contributed by atoms with E-state index in [-0.39, 0.29) is 22.2 Å². The molecule has 9 heteroatoms. The lowest BCUT2D eigenvalue weighted by Gasteiger charge is -2.12. The molecule has 7 nitrogen and oxygen atoms in total. The highest BCUT2D eigenvalue weighted by atomic mass is 32.2. The SMILES string of the molecule is N=S(=O)(c1ccc(C(=O)Nc2cc(-c3ccc(F)cc3)ccc2N)cc1)c1ccc(CO)nc1. The maximum absolute atomic E-state index is 13.2. The lowest BCUT2D eigenvalue weighted by atomic mass is 10.0. The molecule has 0 saturated carbocycles. The average Bonchev–Trinajstić information content (AvgIpc) is 2.86. The number of aromatic nitrogens is 1. The molecule has 0 radical (unpaired) electrons. The fraction of sp³-hybridized carbons (Fsp3) is 0.0400. The third-order valence-electron chi connectivity index (χ3n) is 5.22. The monoisotopic (exact) mass is 476 g/mol. The maximum Gasteiger partial charge on any atom is 0.255 e. The highest BCUT2D eigenvalue weighted by Gasteiger charge is 2.16. The summed E-state index contributed by atoms with van der Waals surface area (Å²) < 4.78 is 34.6. The van der Waals surface area contributed by atoms with Crippen molar-refractivity contribution in [1.29, 1.82) is 4.78 Å². The number of hydrogen-bond acceptors (Lipinski definition) is 6. The number of nitrogens with two attached hydrogens (primary N) is 1. The normalized spacial score (nSPS) is 12.6. The van der Waals surface area contributed by atoms with Crippen LogP contribution in [0.4, 0.5) is 15.8 Å². The molecule has 0 fully saturated rings. The standard InChI is InChI=1S/C25H21FN4O3S/c26-19-6-1-16(2-7-19)18-5-12-23(27)24(13-18)30-25(32)17-3-9-21(10-4-17)34(28,33)22-11-8-20(15-31)29-14-22/h1-14,28,31H,15,27H2,(H,30,32). The Morgan fingerprint density at radius 1 is 0.971 bits per heavy atom. The lowest BCUT2D eigenvalue weighted by molar-refractivity contribution is 0.102. The summed E-state index contributed by atoms with van der Waals surface area (Å²) in [6, 6.07) is 20.0. The largest absolute Gasteiger partial charge is 0.397 e. The topological polar surface area (TPSA) is 129 Å². The molecule has 1 aromatic heterocycles. The molecule has 1 atom stereocenters. The van der Waals surface area contributed by atoms with E-state index < -0.39 is 15.6 Å². The van der Waals surface area contributed by atoms with E-state index in [2.05, 4.69) is 10.3 Å². The van der Waals surface area contributed by atoms with Gasteiger partial charge in [-0.1, -0.05) is 18.2 Å². The number of aliphatic hydroxyl groups excluding tert-OH is 1. The Morgan fingerprint density at radius 3 is 2.24 bits per heavy atom. The van der Waals surface area contributed by atoms with E-state index in [9.17, 15) is 13.4 Å². The molecule has 4 rings (SSSR count). The van der Waals surface area contributed by atoms with E-state index in [0.29, 0.717) is 22.6 Å². The second kappa shape index (κ2) is 9.42. The highest BCUT2D eigenvalue weighted by molar-refractivity contribution is 7.92. The predicted molar refractivity (Wildman–Crippen MR) is 128 cm³/mol. The average molecular weight is 477 g/mol. The number of nitrogens with one attached hydrogen (secondary N) is 2. The number of amides is 1. The summed E-state index contributed by atoms with van der Waals surface area (Å²) >= 11 is 0. The first-order chi connectivity index (χ1) is 16.3. The van der Waals surface area contributed by atoms with Crippen molar-refractivity contribution in [2.24, 2.45) is 0 Å². The van der Waals surface area contributed by atoms with Crippen LogP contribution in [0.2, 0.25) is 0 Å². The van der Waals surface area contributed by atoms with Gasteiger partial charge in [0, 0.05) is 11.8 Å². The van der Waals surface area contributed by atoms with Gasteiger partial charge in [0.15, 0.2) is 0 Å². The van der Waals surface area contributed by atoms with E-state index in [1.807, 2.05) is 0 Å². The van der Waals surface area contributed by atoms with Crippen LogP contribution >= 0.6 is 0 Å². The molecular weight excluding hydrogens is 455 g/mol. The molecule has 0 spiro atoms. The summed E-state index contributed by atoms with van der Waals surface area (Å²) in [5, 5.41) is 11.9. The summed E-state index contributed by atoms with van der Waals surface area (Å²) in [4.78, 5) is 17.2. The predicted octanol–water partition coefficient (Wildman–Crippen LogP) is 4.68.